The maximum absolute atomic E-state index is 5.68. The molecule has 0 unspecified atom stereocenters. The molecule has 0 N–H and O–H groups in total. The van der Waals surface area contributed by atoms with Gasteiger partial charge in [0.05, 0.1) is 0 Å². The molecule has 0 saturated heterocycles. The van der Waals surface area contributed by atoms with Crippen molar-refractivity contribution in [1.82, 2.24) is 0 Å². The van der Waals surface area contributed by atoms with E-state index in [0.29, 0.717) is 0 Å². The average molecular weight is 233 g/mol. The van der Waals surface area contributed by atoms with Crippen LogP contribution in [0.25, 0.3) is 0 Å². The zero-order valence-corrected chi connectivity index (χ0v) is 8.03. The first kappa shape index (κ1) is 8.91. The topological polar surface area (TPSA) is 0 Å². The molecule has 0 aromatic heterocycles. The molecule has 0 aromatic carbocycles. The van der Waals surface area contributed by atoms with Crippen LogP contribution in [0.4, 0.5) is 0 Å². The predicted octanol–water partition coefficient (Wildman–Crippen LogP) is 2.80. The standard InChI is InChI=1S/C4H4AsCl3/c6-3-1-5(8)2-4-7/h1-4H/b3-1+,4-2+. The molecule has 0 bridgehead atoms. The molecule has 8 heavy (non-hydrogen) atoms. The molecule has 0 aliphatic rings. The molecule has 0 rings (SSSR count). The van der Waals surface area contributed by atoms with Gasteiger partial charge in [0.2, 0.25) is 0 Å². The van der Waals surface area contributed by atoms with Gasteiger partial charge in [-0.2, -0.15) is 0 Å². The fourth-order valence-electron chi connectivity index (χ4n) is 0.157. The minimum atomic E-state index is -1.41. The summed E-state index contributed by atoms with van der Waals surface area (Å²) in [5.41, 5.74) is 2.84. The molecule has 0 nitrogen and oxygen atoms in total. The molecule has 0 aliphatic heterocycles. The van der Waals surface area contributed by atoms with E-state index in [9.17, 15) is 0 Å². The normalized spacial score (nSPS) is 12.5. The molecule has 4 heteroatoms. The van der Waals surface area contributed by atoms with Crippen molar-refractivity contribution >= 4 is 46.9 Å². The Kier molecular flexibility index (Phi) is 6.72. The van der Waals surface area contributed by atoms with Crippen molar-refractivity contribution in [3.05, 3.63) is 20.8 Å². The average Bonchev–Trinajstić information content (AvgIpc) is 1.68. The van der Waals surface area contributed by atoms with Crippen LogP contribution in [0.5, 0.6) is 0 Å². The van der Waals surface area contributed by atoms with Gasteiger partial charge in [0.1, 0.15) is 0 Å². The van der Waals surface area contributed by atoms with Gasteiger partial charge in [-0.1, -0.05) is 0 Å². The van der Waals surface area contributed by atoms with Crippen LogP contribution in [0.3, 0.4) is 0 Å². The van der Waals surface area contributed by atoms with E-state index >= 15 is 0 Å². The van der Waals surface area contributed by atoms with Gasteiger partial charge < -0.3 is 0 Å². The van der Waals surface area contributed by atoms with E-state index in [0.717, 1.165) is 0 Å². The Morgan fingerprint density at radius 3 is 1.62 bits per heavy atom. The second-order valence-corrected chi connectivity index (χ2v) is 6.12. The third-order valence-electron chi connectivity index (χ3n) is 0.398. The van der Waals surface area contributed by atoms with Gasteiger partial charge >= 0.3 is 67.7 Å². The van der Waals surface area contributed by atoms with Crippen LogP contribution in [0.15, 0.2) is 20.8 Å². The zero-order chi connectivity index (χ0) is 6.41. The Labute approximate surface area is 67.5 Å². The van der Waals surface area contributed by atoms with Crippen LogP contribution in [-0.2, 0) is 0 Å². The van der Waals surface area contributed by atoms with E-state index in [1.54, 1.807) is 9.73 Å². The van der Waals surface area contributed by atoms with Gasteiger partial charge in [0, 0.05) is 0 Å². The minimum absolute atomic E-state index is 1.41. The molecule has 0 aromatic rings. The van der Waals surface area contributed by atoms with Crippen molar-refractivity contribution in [3.8, 4) is 0 Å². The summed E-state index contributed by atoms with van der Waals surface area (Å²) in [6.45, 7) is 0. The Morgan fingerprint density at radius 2 is 1.38 bits per heavy atom. The van der Waals surface area contributed by atoms with E-state index in [1.165, 1.54) is 11.1 Å². The Morgan fingerprint density at radius 1 is 1.00 bits per heavy atom. The molecule has 0 atom stereocenters. The van der Waals surface area contributed by atoms with Crippen LogP contribution in [0.2, 0.25) is 0 Å². The monoisotopic (exact) mass is 232 g/mol. The van der Waals surface area contributed by atoms with Gasteiger partial charge in [-0.25, -0.2) is 0 Å². The molecule has 0 aliphatic carbocycles. The number of hydrogen-bond acceptors (Lipinski definition) is 0. The van der Waals surface area contributed by atoms with E-state index in [2.05, 4.69) is 0 Å². The van der Waals surface area contributed by atoms with Crippen molar-refractivity contribution in [2.75, 3.05) is 0 Å². The second-order valence-electron chi connectivity index (χ2n) is 0.894. The molecular formula is C4H4AsCl3. The summed E-state index contributed by atoms with van der Waals surface area (Å²) in [6, 6.07) is 0. The number of rotatable bonds is 2. The summed E-state index contributed by atoms with van der Waals surface area (Å²) in [4.78, 5) is 3.52. The summed E-state index contributed by atoms with van der Waals surface area (Å²) >= 11 is 9.04. The first-order chi connectivity index (χ1) is 3.81. The summed E-state index contributed by atoms with van der Waals surface area (Å²) in [7, 11) is 5.68. The molecule has 0 amide bonds. The summed E-state index contributed by atoms with van der Waals surface area (Å²) < 4.78 is 0. The maximum atomic E-state index is 5.68. The number of hydrogen-bond donors (Lipinski definition) is 0. The van der Waals surface area contributed by atoms with Crippen molar-refractivity contribution < 1.29 is 0 Å². The summed E-state index contributed by atoms with van der Waals surface area (Å²) in [6.07, 6.45) is 0. The van der Waals surface area contributed by atoms with Crippen molar-refractivity contribution in [2.24, 2.45) is 0 Å². The van der Waals surface area contributed by atoms with Gasteiger partial charge in [0.25, 0.3) is 0 Å². The molecule has 0 fully saturated rings. The Balaban J connectivity index is 3.47. The van der Waals surface area contributed by atoms with Gasteiger partial charge in [-0.15, -0.1) is 0 Å². The third-order valence-corrected chi connectivity index (χ3v) is 4.41. The van der Waals surface area contributed by atoms with E-state index in [-0.39, 0.29) is 0 Å². The SMILES string of the molecule is Cl/C=C/[As](Cl)/C=C/Cl. The van der Waals surface area contributed by atoms with Crippen LogP contribution in [0.1, 0.15) is 0 Å². The first-order valence-corrected chi connectivity index (χ1v) is 7.29. The van der Waals surface area contributed by atoms with Crippen molar-refractivity contribution in [1.29, 1.82) is 0 Å². The van der Waals surface area contributed by atoms with Gasteiger partial charge in [-0.3, -0.25) is 0 Å². The third kappa shape index (κ3) is 5.05. The van der Waals surface area contributed by atoms with Crippen LogP contribution in [0, 0.1) is 0 Å². The van der Waals surface area contributed by atoms with E-state index < -0.39 is 13.7 Å². The van der Waals surface area contributed by atoms with Crippen LogP contribution < -0.4 is 0 Å². The summed E-state index contributed by atoms with van der Waals surface area (Å²) in [5, 5.41) is 0. The van der Waals surface area contributed by atoms with E-state index in [1.807, 2.05) is 0 Å². The second kappa shape index (κ2) is 6.03. The van der Waals surface area contributed by atoms with Crippen LogP contribution in [-0.4, -0.2) is 13.7 Å². The first-order valence-electron chi connectivity index (χ1n) is 1.79. The zero-order valence-electron chi connectivity index (χ0n) is 3.89. The molecule has 0 spiro atoms. The number of halogens is 3. The quantitative estimate of drug-likeness (QED) is 0.643. The molecule has 0 radical (unpaired) electrons. The van der Waals surface area contributed by atoms with Gasteiger partial charge in [0.15, 0.2) is 0 Å². The summed E-state index contributed by atoms with van der Waals surface area (Å²) in [5.74, 6) is 0. The molecular weight excluding hydrogens is 229 g/mol. The Bertz CT molecular complexity index is 87.5. The van der Waals surface area contributed by atoms with Crippen molar-refractivity contribution in [2.45, 2.75) is 0 Å². The molecule has 0 heterocycles. The fourth-order valence-corrected chi connectivity index (χ4v) is 3.26. The Hall–Kier alpha value is 0.908. The fraction of sp³-hybridized carbons (Fsp3) is 0. The predicted molar refractivity (Wildman–Crippen MR) is 41.6 cm³/mol. The van der Waals surface area contributed by atoms with E-state index in [4.69, 9.17) is 33.2 Å². The molecule has 46 valence electrons. The van der Waals surface area contributed by atoms with Crippen LogP contribution >= 0.6 is 33.2 Å². The van der Waals surface area contributed by atoms with Gasteiger partial charge in [-0.05, 0) is 0 Å². The molecule has 0 saturated carbocycles. The van der Waals surface area contributed by atoms with Crippen molar-refractivity contribution in [3.63, 3.8) is 0 Å².